The molecule has 3 rings (SSSR count). The number of piperidine rings is 1. The minimum Gasteiger partial charge on any atom is -0.375 e. The molecule has 1 amide bonds. The molecule has 2 heterocycles. The first-order valence-corrected chi connectivity index (χ1v) is 8.42. The summed E-state index contributed by atoms with van der Waals surface area (Å²) in [6.07, 6.45) is 5.39. The van der Waals surface area contributed by atoms with E-state index in [2.05, 4.69) is 10.6 Å². The largest absolute Gasteiger partial charge is 0.375 e. The fourth-order valence-corrected chi connectivity index (χ4v) is 4.22. The van der Waals surface area contributed by atoms with E-state index in [9.17, 15) is 4.79 Å². The first kappa shape index (κ1) is 21.4. The molecule has 2 fully saturated rings. The van der Waals surface area contributed by atoms with Crippen molar-refractivity contribution >= 4 is 53.7 Å². The molecule has 2 atom stereocenters. The van der Waals surface area contributed by atoms with Gasteiger partial charge in [0.15, 0.2) is 0 Å². The topological polar surface area (TPSA) is 44.4 Å². The molecular formula is C17H26Cl3N3O. The highest BCUT2D eigenvalue weighted by Gasteiger charge is 2.34. The quantitative estimate of drug-likeness (QED) is 0.808. The number of para-hydroxylation sites is 1. The lowest BCUT2D eigenvalue weighted by Gasteiger charge is -2.28. The Morgan fingerprint density at radius 1 is 1.25 bits per heavy atom. The van der Waals surface area contributed by atoms with Gasteiger partial charge in [0.25, 0.3) is 0 Å². The third kappa shape index (κ3) is 4.92. The van der Waals surface area contributed by atoms with Gasteiger partial charge in [-0.15, -0.1) is 24.8 Å². The van der Waals surface area contributed by atoms with Crippen molar-refractivity contribution < 1.29 is 4.79 Å². The molecule has 2 N–H and O–H groups in total. The van der Waals surface area contributed by atoms with Gasteiger partial charge in [0, 0.05) is 32.6 Å². The van der Waals surface area contributed by atoms with E-state index in [-0.39, 0.29) is 30.7 Å². The van der Waals surface area contributed by atoms with Gasteiger partial charge in [0.1, 0.15) is 0 Å². The van der Waals surface area contributed by atoms with Crippen molar-refractivity contribution in [1.29, 1.82) is 0 Å². The Morgan fingerprint density at radius 2 is 1.88 bits per heavy atom. The molecule has 0 aromatic heterocycles. The number of halogens is 3. The van der Waals surface area contributed by atoms with E-state index in [0.29, 0.717) is 29.4 Å². The second-order valence-corrected chi connectivity index (χ2v) is 7.17. The molecule has 4 nitrogen and oxygen atoms in total. The number of fused-ring (bicyclic) bond motifs is 2. The molecule has 1 aromatic carbocycles. The van der Waals surface area contributed by atoms with Crippen molar-refractivity contribution in [3.8, 4) is 0 Å². The van der Waals surface area contributed by atoms with Crippen molar-refractivity contribution in [3.05, 3.63) is 23.2 Å². The molecule has 0 saturated carbocycles. The molecule has 2 bridgehead atoms. The van der Waals surface area contributed by atoms with E-state index in [4.69, 9.17) is 11.6 Å². The van der Waals surface area contributed by atoms with Gasteiger partial charge in [-0.1, -0.05) is 17.7 Å². The minimum absolute atomic E-state index is 0. The summed E-state index contributed by atoms with van der Waals surface area (Å²) in [6, 6.07) is 6.87. The number of rotatable bonds is 4. The van der Waals surface area contributed by atoms with Gasteiger partial charge in [-0.3, -0.25) is 4.79 Å². The first-order valence-electron chi connectivity index (χ1n) is 8.04. The lowest BCUT2D eigenvalue weighted by Crippen LogP contribution is -2.39. The zero-order chi connectivity index (χ0) is 15.7. The van der Waals surface area contributed by atoms with E-state index in [1.165, 1.54) is 12.8 Å². The smallest absolute Gasteiger partial charge is 0.224 e. The standard InChI is InChI=1S/C17H24ClN3O.2ClH/c1-21(2)17-14(18)4-3-5-15(17)20-16(22)10-11-8-12-6-7-13(9-11)19-12;;/h3-5,11-13,19H,6-10H2,1-2H3,(H,20,22);2*1H. The van der Waals surface area contributed by atoms with Gasteiger partial charge in [-0.25, -0.2) is 0 Å². The van der Waals surface area contributed by atoms with Crippen LogP contribution >= 0.6 is 36.4 Å². The SMILES string of the molecule is CN(C)c1c(Cl)cccc1NC(=O)CC1CC2CCC(C1)N2.Cl.Cl. The lowest BCUT2D eigenvalue weighted by atomic mass is 9.89. The van der Waals surface area contributed by atoms with Gasteiger partial charge in [-0.05, 0) is 43.7 Å². The monoisotopic (exact) mass is 393 g/mol. The molecule has 0 spiro atoms. The van der Waals surface area contributed by atoms with Crippen LogP contribution in [0.15, 0.2) is 18.2 Å². The Hall–Kier alpha value is -0.680. The Labute approximate surface area is 161 Å². The van der Waals surface area contributed by atoms with Crippen LogP contribution in [0.25, 0.3) is 0 Å². The van der Waals surface area contributed by atoms with E-state index in [0.717, 1.165) is 24.2 Å². The summed E-state index contributed by atoms with van der Waals surface area (Å²) in [5.41, 5.74) is 1.65. The zero-order valence-electron chi connectivity index (χ0n) is 14.0. The molecule has 0 radical (unpaired) electrons. The number of nitrogens with one attached hydrogen (secondary N) is 2. The number of amides is 1. The first-order chi connectivity index (χ1) is 10.5. The number of nitrogens with zero attached hydrogens (tertiary/aromatic N) is 1. The second-order valence-electron chi connectivity index (χ2n) is 6.76. The average Bonchev–Trinajstić information content (AvgIpc) is 2.77. The van der Waals surface area contributed by atoms with Gasteiger partial charge in [0.05, 0.1) is 16.4 Å². The number of carbonyl (C=O) groups is 1. The Bertz CT molecular complexity index is 556. The van der Waals surface area contributed by atoms with Crippen LogP contribution in [-0.4, -0.2) is 32.1 Å². The number of anilines is 2. The van der Waals surface area contributed by atoms with Gasteiger partial charge >= 0.3 is 0 Å². The van der Waals surface area contributed by atoms with Crippen LogP contribution < -0.4 is 15.5 Å². The number of carbonyl (C=O) groups excluding carboxylic acids is 1. The maximum Gasteiger partial charge on any atom is 0.224 e. The normalized spacial score (nSPS) is 24.5. The summed E-state index contributed by atoms with van der Waals surface area (Å²) in [6.45, 7) is 0. The van der Waals surface area contributed by atoms with Crippen molar-refractivity contribution in [2.24, 2.45) is 5.92 Å². The maximum atomic E-state index is 12.4. The third-order valence-electron chi connectivity index (χ3n) is 4.75. The molecule has 136 valence electrons. The van der Waals surface area contributed by atoms with Gasteiger partial charge < -0.3 is 15.5 Å². The van der Waals surface area contributed by atoms with Crippen LogP contribution in [0.4, 0.5) is 11.4 Å². The van der Waals surface area contributed by atoms with Gasteiger partial charge in [0.2, 0.25) is 5.91 Å². The summed E-state index contributed by atoms with van der Waals surface area (Å²) >= 11 is 6.24. The molecule has 2 aliphatic rings. The number of benzene rings is 1. The third-order valence-corrected chi connectivity index (χ3v) is 5.06. The van der Waals surface area contributed by atoms with Crippen LogP contribution in [0.2, 0.25) is 5.02 Å². The summed E-state index contributed by atoms with van der Waals surface area (Å²) in [5, 5.41) is 7.32. The number of hydrogen-bond donors (Lipinski definition) is 2. The summed E-state index contributed by atoms with van der Waals surface area (Å²) < 4.78 is 0. The Morgan fingerprint density at radius 3 is 2.46 bits per heavy atom. The molecule has 0 aliphatic carbocycles. The van der Waals surface area contributed by atoms with Crippen LogP contribution in [0.3, 0.4) is 0 Å². The highest BCUT2D eigenvalue weighted by atomic mass is 35.5. The summed E-state index contributed by atoms with van der Waals surface area (Å²) in [5.74, 6) is 0.595. The molecular weight excluding hydrogens is 369 g/mol. The predicted molar refractivity (Wildman–Crippen MR) is 106 cm³/mol. The summed E-state index contributed by atoms with van der Waals surface area (Å²) in [7, 11) is 3.86. The van der Waals surface area contributed by atoms with Gasteiger partial charge in [-0.2, -0.15) is 0 Å². The molecule has 2 saturated heterocycles. The van der Waals surface area contributed by atoms with Crippen molar-refractivity contribution in [2.45, 2.75) is 44.2 Å². The van der Waals surface area contributed by atoms with Crippen LogP contribution in [-0.2, 0) is 4.79 Å². The van der Waals surface area contributed by atoms with Crippen molar-refractivity contribution in [1.82, 2.24) is 5.32 Å². The molecule has 2 unspecified atom stereocenters. The zero-order valence-corrected chi connectivity index (χ0v) is 16.4. The van der Waals surface area contributed by atoms with E-state index >= 15 is 0 Å². The fraction of sp³-hybridized carbons (Fsp3) is 0.588. The van der Waals surface area contributed by atoms with E-state index < -0.39 is 0 Å². The fourth-order valence-electron chi connectivity index (χ4n) is 3.88. The molecule has 1 aromatic rings. The molecule has 2 aliphatic heterocycles. The summed E-state index contributed by atoms with van der Waals surface area (Å²) in [4.78, 5) is 14.3. The van der Waals surface area contributed by atoms with Crippen molar-refractivity contribution in [3.63, 3.8) is 0 Å². The van der Waals surface area contributed by atoms with Crippen LogP contribution in [0.5, 0.6) is 0 Å². The minimum atomic E-state index is 0. The highest BCUT2D eigenvalue weighted by Crippen LogP contribution is 2.35. The number of hydrogen-bond acceptors (Lipinski definition) is 3. The Kier molecular flexibility index (Phi) is 8.13. The maximum absolute atomic E-state index is 12.4. The molecule has 7 heteroatoms. The highest BCUT2D eigenvalue weighted by molar-refractivity contribution is 6.34. The van der Waals surface area contributed by atoms with Crippen molar-refractivity contribution in [2.75, 3.05) is 24.3 Å². The average molecular weight is 395 g/mol. The van der Waals surface area contributed by atoms with Crippen LogP contribution in [0.1, 0.15) is 32.1 Å². The van der Waals surface area contributed by atoms with E-state index in [1.807, 2.05) is 37.2 Å². The van der Waals surface area contributed by atoms with Crippen LogP contribution in [0, 0.1) is 5.92 Å². The van der Waals surface area contributed by atoms with E-state index in [1.54, 1.807) is 0 Å². The second kappa shape index (κ2) is 9.14. The molecule has 24 heavy (non-hydrogen) atoms. The Balaban J connectivity index is 0.00000144. The predicted octanol–water partition coefficient (Wildman–Crippen LogP) is 4.11. The lowest BCUT2D eigenvalue weighted by molar-refractivity contribution is -0.117.